The Labute approximate surface area is 300 Å². The largest absolute Gasteiger partial charge is 0.464 e. The Morgan fingerprint density at radius 3 is 2.21 bits per heavy atom. The summed E-state index contributed by atoms with van der Waals surface area (Å²) in [5, 5.41) is 5.87. The minimum atomic E-state index is -0.345. The van der Waals surface area contributed by atoms with E-state index in [0.29, 0.717) is 5.89 Å². The Morgan fingerprint density at radius 1 is 0.577 bits per heavy atom. The standard InChI is InChI=1S/C47H32N2O3/c1-47(2)36-21-20-34-33-12-3-6-15-40(33)50-44(34)43(36)35-19-18-29(26-37(35)47)27-10-9-11-28(22-27)30-23-31(45-48-38-13-4-7-16-41(38)51-45)25-32(24-30)46-49-39-14-5-8-17-42(39)52-46/h3-26,45,48H,1-2H3. The van der Waals surface area contributed by atoms with Gasteiger partial charge in [-0.3, -0.25) is 0 Å². The smallest absolute Gasteiger partial charge is 0.227 e. The molecular formula is C47H32N2O3. The number of nitrogens with zero attached hydrogens (tertiary/aromatic N) is 1. The third-order valence-electron chi connectivity index (χ3n) is 10.9. The molecule has 0 saturated heterocycles. The predicted octanol–water partition coefficient (Wildman–Crippen LogP) is 12.5. The van der Waals surface area contributed by atoms with Crippen LogP contribution in [0, 0.1) is 0 Å². The van der Waals surface area contributed by atoms with Gasteiger partial charge in [-0.1, -0.05) is 98.8 Å². The van der Waals surface area contributed by atoms with Gasteiger partial charge in [0, 0.05) is 32.9 Å². The van der Waals surface area contributed by atoms with Gasteiger partial charge in [-0.05, 0) is 99.6 Å². The summed E-state index contributed by atoms with van der Waals surface area (Å²) < 4.78 is 19.2. The van der Waals surface area contributed by atoms with Crippen LogP contribution in [0.5, 0.6) is 5.75 Å². The van der Waals surface area contributed by atoms with Crippen molar-refractivity contribution in [2.45, 2.75) is 25.5 Å². The molecule has 2 aromatic heterocycles. The number of rotatable bonds is 4. The average molecular weight is 673 g/mol. The second-order valence-electron chi connectivity index (χ2n) is 14.4. The highest BCUT2D eigenvalue weighted by Gasteiger charge is 2.38. The molecule has 1 N–H and O–H groups in total. The Kier molecular flexibility index (Phi) is 6.01. The zero-order chi connectivity index (χ0) is 34.6. The van der Waals surface area contributed by atoms with Crippen molar-refractivity contribution < 1.29 is 13.6 Å². The first-order valence-electron chi connectivity index (χ1n) is 17.7. The Morgan fingerprint density at radius 2 is 1.33 bits per heavy atom. The summed E-state index contributed by atoms with van der Waals surface area (Å²) in [5.41, 5.74) is 15.7. The van der Waals surface area contributed by atoms with Crippen molar-refractivity contribution in [3.8, 4) is 50.6 Å². The molecule has 0 saturated carbocycles. The highest BCUT2D eigenvalue weighted by atomic mass is 16.5. The van der Waals surface area contributed by atoms with E-state index < -0.39 is 0 Å². The molecule has 2 aliphatic rings. The van der Waals surface area contributed by atoms with E-state index in [9.17, 15) is 0 Å². The van der Waals surface area contributed by atoms with Crippen molar-refractivity contribution >= 4 is 38.7 Å². The normalized spacial score (nSPS) is 15.4. The lowest BCUT2D eigenvalue weighted by Crippen LogP contribution is -2.14. The first-order valence-corrected chi connectivity index (χ1v) is 17.7. The maximum absolute atomic E-state index is 6.52. The van der Waals surface area contributed by atoms with Crippen LogP contribution in [0.4, 0.5) is 5.69 Å². The van der Waals surface area contributed by atoms with Crippen molar-refractivity contribution in [2.75, 3.05) is 5.32 Å². The molecule has 5 heteroatoms. The van der Waals surface area contributed by atoms with E-state index in [1.54, 1.807) is 0 Å². The number of oxazole rings is 1. The van der Waals surface area contributed by atoms with Crippen LogP contribution in [0.15, 0.2) is 154 Å². The van der Waals surface area contributed by atoms with E-state index >= 15 is 0 Å². The van der Waals surface area contributed by atoms with E-state index in [0.717, 1.165) is 72.3 Å². The van der Waals surface area contributed by atoms with Crippen molar-refractivity contribution in [2.24, 2.45) is 0 Å². The van der Waals surface area contributed by atoms with Crippen LogP contribution in [-0.2, 0) is 5.41 Å². The maximum Gasteiger partial charge on any atom is 0.227 e. The number of benzene rings is 7. The van der Waals surface area contributed by atoms with Gasteiger partial charge in [0.05, 0.1) is 5.69 Å². The third kappa shape index (κ3) is 4.32. The van der Waals surface area contributed by atoms with Gasteiger partial charge in [-0.15, -0.1) is 0 Å². The van der Waals surface area contributed by atoms with Crippen molar-refractivity contribution in [1.82, 2.24) is 4.98 Å². The number of fused-ring (bicyclic) bond motifs is 9. The van der Waals surface area contributed by atoms with Crippen LogP contribution in [0.1, 0.15) is 36.8 Å². The van der Waals surface area contributed by atoms with Gasteiger partial charge in [-0.2, -0.15) is 0 Å². The fourth-order valence-corrected chi connectivity index (χ4v) is 8.29. The summed E-state index contributed by atoms with van der Waals surface area (Å²) in [6.07, 6.45) is -0.345. The summed E-state index contributed by atoms with van der Waals surface area (Å²) in [4.78, 5) is 4.85. The van der Waals surface area contributed by atoms with Gasteiger partial charge in [0.25, 0.3) is 0 Å². The number of anilines is 1. The molecule has 9 aromatic rings. The number of hydrogen-bond acceptors (Lipinski definition) is 5. The molecule has 3 heterocycles. The predicted molar refractivity (Wildman–Crippen MR) is 209 cm³/mol. The highest BCUT2D eigenvalue weighted by Crippen LogP contribution is 2.53. The number of nitrogens with one attached hydrogen (secondary N) is 1. The maximum atomic E-state index is 6.52. The minimum Gasteiger partial charge on any atom is -0.464 e. The van der Waals surface area contributed by atoms with Gasteiger partial charge in [0.15, 0.2) is 11.8 Å². The molecule has 7 aromatic carbocycles. The number of furan rings is 1. The fourth-order valence-electron chi connectivity index (χ4n) is 8.29. The first kappa shape index (κ1) is 29.2. The van der Waals surface area contributed by atoms with Crippen LogP contribution in [0.25, 0.3) is 77.9 Å². The minimum absolute atomic E-state index is 0.180. The third-order valence-corrected chi connectivity index (χ3v) is 10.9. The molecule has 248 valence electrons. The Hall–Kier alpha value is -6.59. The van der Waals surface area contributed by atoms with Crippen LogP contribution < -0.4 is 10.1 Å². The second-order valence-corrected chi connectivity index (χ2v) is 14.4. The molecule has 5 nitrogen and oxygen atoms in total. The van der Waals surface area contributed by atoms with Crippen LogP contribution in [0.3, 0.4) is 0 Å². The fraction of sp³-hybridized carbons (Fsp3) is 0.0851. The lowest BCUT2D eigenvalue weighted by atomic mass is 9.81. The molecule has 11 rings (SSSR count). The van der Waals surface area contributed by atoms with Crippen molar-refractivity contribution in [3.63, 3.8) is 0 Å². The van der Waals surface area contributed by atoms with E-state index in [1.165, 1.54) is 27.8 Å². The zero-order valence-electron chi connectivity index (χ0n) is 28.6. The molecule has 0 spiro atoms. The average Bonchev–Trinajstić information content (AvgIpc) is 3.96. The van der Waals surface area contributed by atoms with E-state index in [2.05, 4.69) is 110 Å². The quantitative estimate of drug-likeness (QED) is 0.202. The number of hydrogen-bond donors (Lipinski definition) is 1. The summed E-state index contributed by atoms with van der Waals surface area (Å²) in [7, 11) is 0. The summed E-state index contributed by atoms with van der Waals surface area (Å²) >= 11 is 0. The van der Waals surface area contributed by atoms with Crippen molar-refractivity contribution in [1.29, 1.82) is 0 Å². The van der Waals surface area contributed by atoms with E-state index in [-0.39, 0.29) is 11.6 Å². The van der Waals surface area contributed by atoms with Gasteiger partial charge < -0.3 is 18.9 Å². The van der Waals surface area contributed by atoms with Crippen LogP contribution in [-0.4, -0.2) is 4.98 Å². The molecule has 0 fully saturated rings. The summed E-state index contributed by atoms with van der Waals surface area (Å²) in [6, 6.07) is 50.9. The van der Waals surface area contributed by atoms with Gasteiger partial charge in [0.2, 0.25) is 5.89 Å². The van der Waals surface area contributed by atoms with Gasteiger partial charge >= 0.3 is 0 Å². The molecule has 1 unspecified atom stereocenters. The van der Waals surface area contributed by atoms with Gasteiger partial charge in [-0.25, -0.2) is 4.98 Å². The van der Waals surface area contributed by atoms with E-state index in [4.69, 9.17) is 18.6 Å². The summed E-state index contributed by atoms with van der Waals surface area (Å²) in [5.74, 6) is 1.42. The second kappa shape index (κ2) is 10.7. The lowest BCUT2D eigenvalue weighted by Gasteiger charge is -2.22. The monoisotopic (exact) mass is 672 g/mol. The Balaban J connectivity index is 1.02. The molecular weight excluding hydrogens is 641 g/mol. The van der Waals surface area contributed by atoms with Gasteiger partial charge in [0.1, 0.15) is 22.4 Å². The molecule has 0 amide bonds. The SMILES string of the molecule is CC1(C)c2cc(-c3cccc(-c4cc(-c5nc6ccccc6o5)cc(C5Nc6ccccc6O5)c4)c3)ccc2-c2c1ccc1c2oc2ccccc21. The van der Waals surface area contributed by atoms with Crippen molar-refractivity contribution in [3.05, 3.63) is 162 Å². The molecule has 1 atom stereocenters. The van der Waals surface area contributed by atoms with Crippen LogP contribution >= 0.6 is 0 Å². The number of para-hydroxylation sites is 5. The first-order chi connectivity index (χ1) is 25.5. The van der Waals surface area contributed by atoms with Crippen LogP contribution in [0.2, 0.25) is 0 Å². The Bertz CT molecular complexity index is 2850. The van der Waals surface area contributed by atoms with E-state index in [1.807, 2.05) is 54.6 Å². The summed E-state index contributed by atoms with van der Waals surface area (Å²) in [6.45, 7) is 4.64. The molecule has 1 aliphatic carbocycles. The molecule has 0 bridgehead atoms. The molecule has 52 heavy (non-hydrogen) atoms. The zero-order valence-corrected chi connectivity index (χ0v) is 28.6. The molecule has 1 aliphatic heterocycles. The molecule has 0 radical (unpaired) electrons. The lowest BCUT2D eigenvalue weighted by molar-refractivity contribution is 0.260. The topological polar surface area (TPSA) is 60.4 Å². The highest BCUT2D eigenvalue weighted by molar-refractivity contribution is 6.11. The number of aromatic nitrogens is 1. The number of ether oxygens (including phenoxy) is 1.